The van der Waals surface area contributed by atoms with Gasteiger partial charge in [-0.2, -0.15) is 4.31 Å². The summed E-state index contributed by atoms with van der Waals surface area (Å²) in [6, 6.07) is 7.21. The number of hydrogen-bond donors (Lipinski definition) is 1. The first-order valence-corrected chi connectivity index (χ1v) is 10.3. The van der Waals surface area contributed by atoms with E-state index >= 15 is 0 Å². The van der Waals surface area contributed by atoms with Gasteiger partial charge in [-0.25, -0.2) is 8.42 Å². The average Bonchev–Trinajstić information content (AvgIpc) is 3.00. The number of amides is 1. The lowest BCUT2D eigenvalue weighted by Crippen LogP contribution is -2.41. The Labute approximate surface area is 158 Å². The summed E-state index contributed by atoms with van der Waals surface area (Å²) >= 11 is 0. The Balaban J connectivity index is 1.71. The molecule has 0 radical (unpaired) electrons. The predicted molar refractivity (Wildman–Crippen MR) is 98.6 cm³/mol. The van der Waals surface area contributed by atoms with Crippen LogP contribution < -0.4 is 5.32 Å². The zero-order valence-electron chi connectivity index (χ0n) is 15.4. The number of carbonyl (C=O) groups is 1. The van der Waals surface area contributed by atoms with E-state index in [4.69, 9.17) is 9.26 Å². The number of carbonyl (C=O) groups excluding carboxylic acids is 1. The van der Waals surface area contributed by atoms with Crippen LogP contribution in [0.15, 0.2) is 28.8 Å². The number of ether oxygens (including phenoxy) is 1. The van der Waals surface area contributed by atoms with Crippen molar-refractivity contribution in [3.63, 3.8) is 0 Å². The number of benzene rings is 1. The van der Waals surface area contributed by atoms with Gasteiger partial charge in [0.05, 0.1) is 24.7 Å². The molecule has 0 aliphatic carbocycles. The van der Waals surface area contributed by atoms with Crippen LogP contribution in [0.2, 0.25) is 0 Å². The largest absolute Gasteiger partial charge is 0.379 e. The number of sulfonamides is 1. The third-order valence-electron chi connectivity index (χ3n) is 4.52. The zero-order chi connectivity index (χ0) is 19.4. The highest BCUT2D eigenvalue weighted by atomic mass is 32.2. The molecule has 9 heteroatoms. The number of hydrogen-bond acceptors (Lipinski definition) is 6. The molecule has 0 saturated carbocycles. The normalized spacial score (nSPS) is 15.6. The second-order valence-electron chi connectivity index (χ2n) is 6.42. The van der Waals surface area contributed by atoms with Crippen molar-refractivity contribution in [3.05, 3.63) is 52.4 Å². The van der Waals surface area contributed by atoms with E-state index in [9.17, 15) is 13.2 Å². The summed E-state index contributed by atoms with van der Waals surface area (Å²) in [4.78, 5) is 12.4. The minimum atomic E-state index is -3.44. The van der Waals surface area contributed by atoms with Crippen molar-refractivity contribution < 1.29 is 22.5 Å². The monoisotopic (exact) mass is 393 g/mol. The molecule has 146 valence electrons. The lowest BCUT2D eigenvalue weighted by Gasteiger charge is -2.26. The molecule has 3 rings (SSSR count). The molecule has 1 amide bonds. The maximum Gasteiger partial charge on any atom is 0.257 e. The van der Waals surface area contributed by atoms with Crippen LogP contribution in [0.25, 0.3) is 0 Å². The molecule has 1 aromatic carbocycles. The number of nitrogens with zero attached hydrogens (tertiary/aromatic N) is 2. The number of rotatable bonds is 6. The third kappa shape index (κ3) is 4.55. The molecule has 2 aromatic rings. The molecule has 1 aromatic heterocycles. The van der Waals surface area contributed by atoms with Gasteiger partial charge in [0.2, 0.25) is 10.0 Å². The van der Waals surface area contributed by atoms with Gasteiger partial charge in [-0.15, -0.1) is 0 Å². The van der Waals surface area contributed by atoms with E-state index in [2.05, 4.69) is 10.5 Å². The molecule has 0 bridgehead atoms. The first kappa shape index (κ1) is 19.5. The Kier molecular flexibility index (Phi) is 5.93. The predicted octanol–water partition coefficient (Wildman–Crippen LogP) is 1.38. The molecule has 1 aliphatic heterocycles. The molecular weight excluding hydrogens is 370 g/mol. The Hall–Kier alpha value is -2.23. The van der Waals surface area contributed by atoms with Crippen molar-refractivity contribution in [1.29, 1.82) is 0 Å². The number of nitrogens with one attached hydrogen (secondary N) is 1. The summed E-state index contributed by atoms with van der Waals surface area (Å²) in [6.45, 7) is 5.16. The SMILES string of the molecule is Cc1noc(C)c1C(=O)NCc1ccccc1CS(=O)(=O)N1CCOCC1. The van der Waals surface area contributed by atoms with Gasteiger partial charge < -0.3 is 14.6 Å². The summed E-state index contributed by atoms with van der Waals surface area (Å²) in [5.41, 5.74) is 2.36. The number of aryl methyl sites for hydroxylation is 2. The van der Waals surface area contributed by atoms with Gasteiger partial charge in [0.15, 0.2) is 0 Å². The lowest BCUT2D eigenvalue weighted by atomic mass is 10.1. The highest BCUT2D eigenvalue weighted by Gasteiger charge is 2.25. The molecule has 0 spiro atoms. The summed E-state index contributed by atoms with van der Waals surface area (Å²) < 4.78 is 37.1. The smallest absolute Gasteiger partial charge is 0.257 e. The van der Waals surface area contributed by atoms with E-state index in [0.29, 0.717) is 48.9 Å². The first-order valence-electron chi connectivity index (χ1n) is 8.72. The fraction of sp³-hybridized carbons (Fsp3) is 0.444. The van der Waals surface area contributed by atoms with Gasteiger partial charge >= 0.3 is 0 Å². The van der Waals surface area contributed by atoms with Gasteiger partial charge in [0.1, 0.15) is 11.3 Å². The van der Waals surface area contributed by atoms with E-state index in [0.717, 1.165) is 5.56 Å². The van der Waals surface area contributed by atoms with Crippen LogP contribution in [-0.4, -0.2) is 50.1 Å². The molecule has 1 N–H and O–H groups in total. The van der Waals surface area contributed by atoms with E-state index in [1.165, 1.54) is 4.31 Å². The third-order valence-corrected chi connectivity index (χ3v) is 6.35. The Morgan fingerprint density at radius 1 is 1.19 bits per heavy atom. The Morgan fingerprint density at radius 2 is 1.85 bits per heavy atom. The van der Waals surface area contributed by atoms with Crippen molar-refractivity contribution in [1.82, 2.24) is 14.8 Å². The number of aromatic nitrogens is 1. The van der Waals surface area contributed by atoms with Gasteiger partial charge in [-0.1, -0.05) is 29.4 Å². The van der Waals surface area contributed by atoms with Crippen LogP contribution >= 0.6 is 0 Å². The summed E-state index contributed by atoms with van der Waals surface area (Å²) in [6.07, 6.45) is 0. The molecule has 0 atom stereocenters. The minimum absolute atomic E-state index is 0.107. The standard InChI is InChI=1S/C18H23N3O5S/c1-13-17(14(2)26-20-13)18(22)19-11-15-5-3-4-6-16(15)12-27(23,24)21-7-9-25-10-8-21/h3-6H,7-12H2,1-2H3,(H,19,22). The molecule has 1 saturated heterocycles. The van der Waals surface area contributed by atoms with Crippen molar-refractivity contribution in [2.45, 2.75) is 26.1 Å². The lowest BCUT2D eigenvalue weighted by molar-refractivity contribution is 0.0729. The van der Waals surface area contributed by atoms with Crippen molar-refractivity contribution in [2.24, 2.45) is 0 Å². The van der Waals surface area contributed by atoms with Gasteiger partial charge in [0.25, 0.3) is 5.91 Å². The maximum atomic E-state index is 12.7. The average molecular weight is 393 g/mol. The van der Waals surface area contributed by atoms with Crippen LogP contribution in [0.4, 0.5) is 0 Å². The van der Waals surface area contributed by atoms with Crippen molar-refractivity contribution >= 4 is 15.9 Å². The fourth-order valence-electron chi connectivity index (χ4n) is 3.05. The molecule has 1 fully saturated rings. The number of morpholine rings is 1. The van der Waals surface area contributed by atoms with Gasteiger partial charge in [-0.3, -0.25) is 4.79 Å². The Morgan fingerprint density at radius 3 is 2.48 bits per heavy atom. The van der Waals surface area contributed by atoms with Gasteiger partial charge in [-0.05, 0) is 25.0 Å². The molecule has 8 nitrogen and oxygen atoms in total. The molecule has 2 heterocycles. The van der Waals surface area contributed by atoms with Crippen LogP contribution in [0, 0.1) is 13.8 Å². The molecule has 0 unspecified atom stereocenters. The van der Waals surface area contributed by atoms with Crippen LogP contribution in [0.5, 0.6) is 0 Å². The quantitative estimate of drug-likeness (QED) is 0.796. The Bertz CT molecular complexity index is 897. The van der Waals surface area contributed by atoms with E-state index in [1.807, 2.05) is 12.1 Å². The minimum Gasteiger partial charge on any atom is -0.379 e. The molecule has 27 heavy (non-hydrogen) atoms. The maximum absolute atomic E-state index is 12.7. The van der Waals surface area contributed by atoms with E-state index < -0.39 is 10.0 Å². The van der Waals surface area contributed by atoms with Crippen LogP contribution in [0.3, 0.4) is 0 Å². The summed E-state index contributed by atoms with van der Waals surface area (Å²) in [7, 11) is -3.44. The zero-order valence-corrected chi connectivity index (χ0v) is 16.2. The van der Waals surface area contributed by atoms with Crippen molar-refractivity contribution in [3.8, 4) is 0 Å². The molecular formula is C18H23N3O5S. The van der Waals surface area contributed by atoms with Crippen LogP contribution in [0.1, 0.15) is 32.9 Å². The van der Waals surface area contributed by atoms with Gasteiger partial charge in [0, 0.05) is 19.6 Å². The highest BCUT2D eigenvalue weighted by molar-refractivity contribution is 7.88. The van der Waals surface area contributed by atoms with Crippen LogP contribution in [-0.2, 0) is 27.1 Å². The fourth-order valence-corrected chi connectivity index (χ4v) is 4.62. The highest BCUT2D eigenvalue weighted by Crippen LogP contribution is 2.17. The molecule has 1 aliphatic rings. The summed E-state index contributed by atoms with van der Waals surface area (Å²) in [5, 5.41) is 6.60. The van der Waals surface area contributed by atoms with Crippen molar-refractivity contribution in [2.75, 3.05) is 26.3 Å². The summed E-state index contributed by atoms with van der Waals surface area (Å²) in [5.74, 6) is 0.0509. The topological polar surface area (TPSA) is 102 Å². The second kappa shape index (κ2) is 8.20. The first-order chi connectivity index (χ1) is 12.9. The van der Waals surface area contributed by atoms with E-state index in [1.54, 1.807) is 26.0 Å². The second-order valence-corrected chi connectivity index (χ2v) is 8.39. The van der Waals surface area contributed by atoms with E-state index in [-0.39, 0.29) is 18.2 Å².